The van der Waals surface area contributed by atoms with Crippen LogP contribution in [0.4, 0.5) is 5.69 Å². The number of hydrogen-bond donors (Lipinski definition) is 1. The molecule has 0 aliphatic carbocycles. The molecule has 0 saturated heterocycles. The van der Waals surface area contributed by atoms with E-state index < -0.39 is 4.59 Å². The molecule has 1 unspecified atom stereocenters. The van der Waals surface area contributed by atoms with Crippen molar-refractivity contribution in [1.82, 2.24) is 4.59 Å². The first kappa shape index (κ1) is 14.1. The number of nitriles is 1. The molecule has 0 spiro atoms. The van der Waals surface area contributed by atoms with Crippen LogP contribution in [0.25, 0.3) is 6.08 Å². The van der Waals surface area contributed by atoms with Crippen LogP contribution in [0.5, 0.6) is 5.75 Å². The van der Waals surface area contributed by atoms with Gasteiger partial charge >= 0.3 is 6.19 Å². The number of halogens is 1. The van der Waals surface area contributed by atoms with Gasteiger partial charge < -0.3 is 5.11 Å². The van der Waals surface area contributed by atoms with E-state index in [0.717, 1.165) is 14.7 Å². The van der Waals surface area contributed by atoms with Gasteiger partial charge in [0.2, 0.25) is 11.5 Å². The van der Waals surface area contributed by atoms with Crippen molar-refractivity contribution in [3.8, 4) is 11.9 Å². The van der Waals surface area contributed by atoms with Gasteiger partial charge in [0.15, 0.2) is 5.75 Å². The second kappa shape index (κ2) is 5.01. The predicted molar refractivity (Wildman–Crippen MR) is 97.7 cm³/mol. The number of phenols is 1. The summed E-state index contributed by atoms with van der Waals surface area (Å²) in [6.07, 6.45) is 5.83. The molecule has 1 atom stereocenters. The minimum Gasteiger partial charge on any atom is -0.503 e. The van der Waals surface area contributed by atoms with Gasteiger partial charge in [-0.2, -0.15) is 4.99 Å². The molecule has 2 heterocycles. The fourth-order valence-electron chi connectivity index (χ4n) is 2.79. The zero-order valence-corrected chi connectivity index (χ0v) is 14.0. The normalized spacial score (nSPS) is 21.0. The Bertz CT molecular complexity index is 957. The van der Waals surface area contributed by atoms with E-state index in [4.69, 9.17) is 0 Å². The van der Waals surface area contributed by atoms with E-state index in [1.807, 2.05) is 42.5 Å². The summed E-state index contributed by atoms with van der Waals surface area (Å²) in [5.41, 5.74) is 2.05. The number of aliphatic imine (C=N–C) groups is 1. The Kier molecular flexibility index (Phi) is 3.07. The molecule has 2 aliphatic rings. The fourth-order valence-corrected chi connectivity index (χ4v) is 3.42. The zero-order chi connectivity index (χ0) is 16.0. The molecule has 110 valence electrons. The van der Waals surface area contributed by atoms with Gasteiger partial charge in [0.05, 0.1) is 0 Å². The molecule has 2 aromatic carbocycles. The van der Waals surface area contributed by atoms with Gasteiger partial charge in [-0.1, -0.05) is 30.3 Å². The lowest BCUT2D eigenvalue weighted by atomic mass is 10.1. The summed E-state index contributed by atoms with van der Waals surface area (Å²) in [5, 5.41) is 24.8. The Labute approximate surface area is 146 Å². The molecule has 2 aliphatic heterocycles. The summed E-state index contributed by atoms with van der Waals surface area (Å²) in [4.78, 5) is 4.50. The number of amidine groups is 2. The van der Waals surface area contributed by atoms with Crippen molar-refractivity contribution in [3.63, 3.8) is 0 Å². The van der Waals surface area contributed by atoms with Gasteiger partial charge in [0.1, 0.15) is 0 Å². The summed E-state index contributed by atoms with van der Waals surface area (Å²) in [7, 11) is 0. The van der Waals surface area contributed by atoms with Crippen molar-refractivity contribution < 1.29 is 5.11 Å². The first-order chi connectivity index (χ1) is 11.1. The molecule has 0 bridgehead atoms. The van der Waals surface area contributed by atoms with Crippen LogP contribution >= 0.6 is 22.6 Å². The standard InChI is InChI=1S/C17H9IN4O/c18-13-8-12-6-7-15-20-17(11-4-2-1-3-5-11)21-22(15,10-19)16(12)14(23)9-13/h1-9H/p+1. The van der Waals surface area contributed by atoms with Gasteiger partial charge in [-0.15, -0.1) is 5.26 Å². The molecule has 4 rings (SSSR count). The van der Waals surface area contributed by atoms with Crippen LogP contribution < -0.4 is 4.59 Å². The van der Waals surface area contributed by atoms with E-state index in [1.54, 1.807) is 12.1 Å². The number of benzene rings is 2. The Balaban J connectivity index is 1.98. The minimum absolute atomic E-state index is 0.0450. The number of phenolic OH excluding ortho intramolecular Hbond substituents is 1. The maximum atomic E-state index is 10.4. The highest BCUT2D eigenvalue weighted by Crippen LogP contribution is 2.43. The Morgan fingerprint density at radius 1 is 1.13 bits per heavy atom. The predicted octanol–water partition coefficient (Wildman–Crippen LogP) is 3.59. The fraction of sp³-hybridized carbons (Fsp3) is 0. The quantitative estimate of drug-likeness (QED) is 0.441. The monoisotopic (exact) mass is 413 g/mol. The Morgan fingerprint density at radius 2 is 1.91 bits per heavy atom. The number of nitrogens with zero attached hydrogens (tertiary/aromatic N) is 4. The van der Waals surface area contributed by atoms with Crippen LogP contribution in [0.3, 0.4) is 0 Å². The van der Waals surface area contributed by atoms with Crippen molar-refractivity contribution in [2.75, 3.05) is 0 Å². The highest BCUT2D eigenvalue weighted by atomic mass is 127. The SMILES string of the molecule is N#C[N+]12N=C(c3ccccc3)N=C1C=Cc1cc(I)cc(O)c12. The second-order valence-electron chi connectivity index (χ2n) is 5.19. The summed E-state index contributed by atoms with van der Waals surface area (Å²) in [6, 6.07) is 13.0. The highest BCUT2D eigenvalue weighted by Gasteiger charge is 2.49. The maximum absolute atomic E-state index is 10.4. The number of hydrogen-bond acceptors (Lipinski definition) is 4. The average Bonchev–Trinajstić information content (AvgIpc) is 2.95. The molecule has 0 radical (unpaired) electrons. The third-order valence-corrected chi connectivity index (χ3v) is 4.42. The highest BCUT2D eigenvalue weighted by molar-refractivity contribution is 14.1. The van der Waals surface area contributed by atoms with Crippen LogP contribution in [-0.4, -0.2) is 16.8 Å². The lowest BCUT2D eigenvalue weighted by Gasteiger charge is -2.23. The summed E-state index contributed by atoms with van der Waals surface area (Å²) < 4.78 is 0.421. The number of rotatable bonds is 1. The largest absolute Gasteiger partial charge is 0.503 e. The zero-order valence-electron chi connectivity index (χ0n) is 11.8. The van der Waals surface area contributed by atoms with E-state index in [2.05, 4.69) is 38.9 Å². The average molecular weight is 413 g/mol. The first-order valence-corrected chi connectivity index (χ1v) is 7.98. The summed E-state index contributed by atoms with van der Waals surface area (Å²) in [6.45, 7) is 0. The van der Waals surface area contributed by atoms with E-state index in [9.17, 15) is 10.4 Å². The molecule has 1 N–H and O–H groups in total. The van der Waals surface area contributed by atoms with E-state index in [1.165, 1.54) is 0 Å². The summed E-state index contributed by atoms with van der Waals surface area (Å²) in [5.74, 6) is 1.01. The molecule has 0 fully saturated rings. The molecule has 2 aromatic rings. The van der Waals surface area contributed by atoms with Crippen LogP contribution in [-0.2, 0) is 0 Å². The van der Waals surface area contributed by atoms with Crippen LogP contribution in [0, 0.1) is 15.0 Å². The van der Waals surface area contributed by atoms with E-state index in [0.29, 0.717) is 17.4 Å². The van der Waals surface area contributed by atoms with E-state index >= 15 is 0 Å². The van der Waals surface area contributed by atoms with Crippen molar-refractivity contribution in [2.45, 2.75) is 0 Å². The molecule has 6 heteroatoms. The van der Waals surface area contributed by atoms with Crippen LogP contribution in [0.15, 0.2) is 58.6 Å². The van der Waals surface area contributed by atoms with Crippen LogP contribution in [0.1, 0.15) is 11.1 Å². The number of quaternary nitrogens is 1. The van der Waals surface area contributed by atoms with E-state index in [-0.39, 0.29) is 5.75 Å². The van der Waals surface area contributed by atoms with Crippen molar-refractivity contribution in [2.24, 2.45) is 10.1 Å². The van der Waals surface area contributed by atoms with Gasteiger partial charge in [0, 0.05) is 20.8 Å². The van der Waals surface area contributed by atoms with Gasteiger partial charge in [0.25, 0.3) is 5.84 Å². The van der Waals surface area contributed by atoms with Gasteiger partial charge in [-0.05, 0) is 50.5 Å². The number of aromatic hydroxyl groups is 1. The molecule has 23 heavy (non-hydrogen) atoms. The molecular formula is C17H10IN4O+. The summed E-state index contributed by atoms with van der Waals surface area (Å²) >= 11 is 2.13. The second-order valence-corrected chi connectivity index (χ2v) is 6.44. The lowest BCUT2D eigenvalue weighted by Crippen LogP contribution is -2.43. The smallest absolute Gasteiger partial charge is 0.351 e. The third kappa shape index (κ3) is 2.01. The van der Waals surface area contributed by atoms with Gasteiger partial charge in [-0.3, -0.25) is 0 Å². The van der Waals surface area contributed by atoms with Crippen molar-refractivity contribution in [3.05, 3.63) is 63.2 Å². The third-order valence-electron chi connectivity index (χ3n) is 3.79. The van der Waals surface area contributed by atoms with Crippen LogP contribution in [0.2, 0.25) is 0 Å². The molecule has 0 saturated carbocycles. The lowest BCUT2D eigenvalue weighted by molar-refractivity contribution is 0.456. The topological polar surface area (TPSA) is 68.7 Å². The van der Waals surface area contributed by atoms with Crippen molar-refractivity contribution in [1.29, 1.82) is 5.26 Å². The van der Waals surface area contributed by atoms with Crippen molar-refractivity contribution >= 4 is 46.0 Å². The molecule has 0 aromatic heterocycles. The first-order valence-electron chi connectivity index (χ1n) is 6.90. The molecular weight excluding hydrogens is 403 g/mol. The Hall–Kier alpha value is -2.50. The maximum Gasteiger partial charge on any atom is 0.351 e. The number of fused-ring (bicyclic) bond motifs is 3. The van der Waals surface area contributed by atoms with Gasteiger partial charge in [-0.25, -0.2) is 0 Å². The Morgan fingerprint density at radius 3 is 2.65 bits per heavy atom. The molecule has 0 amide bonds. The molecule has 5 nitrogen and oxygen atoms in total. The minimum atomic E-state index is -0.473.